The van der Waals surface area contributed by atoms with Gasteiger partial charge in [-0.3, -0.25) is 10.1 Å². The van der Waals surface area contributed by atoms with Crippen molar-refractivity contribution in [1.82, 2.24) is 15.6 Å². The van der Waals surface area contributed by atoms with Gasteiger partial charge < -0.3 is 5.32 Å². The Balaban J connectivity index is 1.75. The number of aromatic nitrogens is 1. The van der Waals surface area contributed by atoms with Crippen molar-refractivity contribution in [3.05, 3.63) is 23.9 Å². The van der Waals surface area contributed by atoms with E-state index in [0.717, 1.165) is 19.3 Å². The summed E-state index contributed by atoms with van der Waals surface area (Å²) in [5, 5.41) is 14.6. The molecule has 1 fully saturated rings. The maximum atomic E-state index is 11.9. The van der Waals surface area contributed by atoms with E-state index in [9.17, 15) is 9.59 Å². The first-order chi connectivity index (χ1) is 11.1. The Hall–Kier alpha value is -2.07. The summed E-state index contributed by atoms with van der Waals surface area (Å²) in [6.45, 7) is 2.12. The van der Waals surface area contributed by atoms with Crippen LogP contribution in [0.25, 0.3) is 0 Å². The number of nitrogens with zero attached hydrogens (tertiary/aromatic N) is 2. The molecule has 2 atom stereocenters. The number of carbonyl (C=O) groups excluding carboxylic acids is 2. The van der Waals surface area contributed by atoms with Crippen LogP contribution < -0.4 is 10.6 Å². The molecule has 1 aromatic rings. The zero-order valence-corrected chi connectivity index (χ0v) is 13.9. The molecule has 2 unspecified atom stereocenters. The van der Waals surface area contributed by atoms with Gasteiger partial charge in [0.1, 0.15) is 0 Å². The van der Waals surface area contributed by atoms with Crippen molar-refractivity contribution in [2.45, 2.75) is 43.7 Å². The third-order valence-electron chi connectivity index (χ3n) is 3.90. The second kappa shape index (κ2) is 8.53. The molecule has 0 spiro atoms. The average Bonchev–Trinajstić information content (AvgIpc) is 2.55. The predicted molar refractivity (Wildman–Crippen MR) is 87.8 cm³/mol. The lowest BCUT2D eigenvalue weighted by Crippen LogP contribution is -2.48. The van der Waals surface area contributed by atoms with Crippen LogP contribution >= 0.6 is 11.8 Å². The van der Waals surface area contributed by atoms with Gasteiger partial charge in [-0.1, -0.05) is 31.5 Å². The van der Waals surface area contributed by atoms with Gasteiger partial charge in [-0.2, -0.15) is 5.26 Å². The van der Waals surface area contributed by atoms with Crippen LogP contribution in [0, 0.1) is 17.2 Å². The van der Waals surface area contributed by atoms with E-state index in [4.69, 9.17) is 5.26 Å². The van der Waals surface area contributed by atoms with Crippen LogP contribution in [0.2, 0.25) is 0 Å². The highest BCUT2D eigenvalue weighted by atomic mass is 32.2. The van der Waals surface area contributed by atoms with Crippen LogP contribution in [0.4, 0.5) is 4.79 Å². The molecule has 2 rings (SSSR count). The van der Waals surface area contributed by atoms with Gasteiger partial charge in [-0.25, -0.2) is 9.78 Å². The molecule has 6 nitrogen and oxygen atoms in total. The quantitative estimate of drug-likeness (QED) is 0.826. The molecular formula is C16H20N4O2S. The summed E-state index contributed by atoms with van der Waals surface area (Å²) < 4.78 is 0. The molecule has 122 valence electrons. The average molecular weight is 332 g/mol. The number of imide groups is 1. The van der Waals surface area contributed by atoms with Gasteiger partial charge in [0.2, 0.25) is 5.91 Å². The van der Waals surface area contributed by atoms with Crippen molar-refractivity contribution >= 4 is 23.7 Å². The van der Waals surface area contributed by atoms with E-state index in [2.05, 4.69) is 22.5 Å². The Kier molecular flexibility index (Phi) is 6.41. The molecule has 1 saturated carbocycles. The molecule has 0 aliphatic heterocycles. The van der Waals surface area contributed by atoms with Crippen LogP contribution in [0.15, 0.2) is 23.4 Å². The van der Waals surface area contributed by atoms with E-state index >= 15 is 0 Å². The van der Waals surface area contributed by atoms with E-state index in [1.54, 1.807) is 12.1 Å². The minimum atomic E-state index is -0.437. The highest BCUT2D eigenvalue weighted by Crippen LogP contribution is 2.23. The normalized spacial score (nSPS) is 20.3. The number of hydrogen-bond donors (Lipinski definition) is 2. The lowest BCUT2D eigenvalue weighted by molar-refractivity contribution is -0.117. The summed E-state index contributed by atoms with van der Waals surface area (Å²) in [4.78, 5) is 27.8. The third-order valence-corrected chi connectivity index (χ3v) is 4.82. The number of thioether (sulfide) groups is 1. The molecule has 1 aromatic heterocycles. The topological polar surface area (TPSA) is 94.9 Å². The largest absolute Gasteiger partial charge is 0.335 e. The second-order valence-electron chi connectivity index (χ2n) is 5.67. The standard InChI is InChI=1S/C16H20N4O2S/c1-11-4-2-3-5-13(11)19-16(22)20-14(21)10-23-15-8-12(9-17)6-7-18-15/h6-8,11,13H,2-5,10H2,1H3,(H2,19,20,21,22). The van der Waals surface area contributed by atoms with E-state index in [0.29, 0.717) is 16.5 Å². The van der Waals surface area contributed by atoms with Crippen molar-refractivity contribution in [3.8, 4) is 6.07 Å². The molecule has 1 aliphatic rings. The molecule has 1 aliphatic carbocycles. The SMILES string of the molecule is CC1CCCCC1NC(=O)NC(=O)CSc1cc(C#N)ccn1. The number of pyridine rings is 1. The van der Waals surface area contributed by atoms with Crippen molar-refractivity contribution in [3.63, 3.8) is 0 Å². The van der Waals surface area contributed by atoms with Crippen LogP contribution in [0.1, 0.15) is 38.2 Å². The maximum absolute atomic E-state index is 11.9. The zero-order valence-electron chi connectivity index (χ0n) is 13.0. The predicted octanol–water partition coefficient (Wildman–Crippen LogP) is 2.45. The van der Waals surface area contributed by atoms with Gasteiger partial charge in [0.05, 0.1) is 22.4 Å². The first-order valence-electron chi connectivity index (χ1n) is 7.68. The van der Waals surface area contributed by atoms with Crippen LogP contribution in [0.5, 0.6) is 0 Å². The van der Waals surface area contributed by atoms with Crippen molar-refractivity contribution < 1.29 is 9.59 Å². The van der Waals surface area contributed by atoms with Gasteiger partial charge in [0.25, 0.3) is 0 Å². The van der Waals surface area contributed by atoms with Gasteiger partial charge >= 0.3 is 6.03 Å². The minimum absolute atomic E-state index is 0.0789. The molecule has 0 saturated heterocycles. The van der Waals surface area contributed by atoms with Gasteiger partial charge in [-0.05, 0) is 30.9 Å². The number of rotatable bonds is 4. The first kappa shape index (κ1) is 17.3. The molecule has 0 aromatic carbocycles. The van der Waals surface area contributed by atoms with E-state index in [-0.39, 0.29) is 17.7 Å². The fourth-order valence-corrected chi connectivity index (χ4v) is 3.29. The van der Waals surface area contributed by atoms with E-state index < -0.39 is 6.03 Å². The van der Waals surface area contributed by atoms with Crippen LogP contribution in [-0.4, -0.2) is 28.7 Å². The fraction of sp³-hybridized carbons (Fsp3) is 0.500. The fourth-order valence-electron chi connectivity index (χ4n) is 2.60. The number of hydrogen-bond acceptors (Lipinski definition) is 5. The van der Waals surface area contributed by atoms with Crippen LogP contribution in [-0.2, 0) is 4.79 Å². The highest BCUT2D eigenvalue weighted by Gasteiger charge is 2.23. The minimum Gasteiger partial charge on any atom is -0.335 e. The summed E-state index contributed by atoms with van der Waals surface area (Å²) in [5.74, 6) is 0.146. The first-order valence-corrected chi connectivity index (χ1v) is 8.66. The second-order valence-corrected chi connectivity index (χ2v) is 6.67. The summed E-state index contributed by atoms with van der Waals surface area (Å²) >= 11 is 1.19. The molecule has 7 heteroatoms. The molecular weight excluding hydrogens is 312 g/mol. The summed E-state index contributed by atoms with van der Waals surface area (Å²) in [6.07, 6.45) is 5.90. The van der Waals surface area contributed by atoms with Crippen molar-refractivity contribution in [2.24, 2.45) is 5.92 Å². The van der Waals surface area contributed by atoms with Crippen molar-refractivity contribution in [1.29, 1.82) is 5.26 Å². The molecule has 3 amide bonds. The molecule has 2 N–H and O–H groups in total. The Bertz CT molecular complexity index is 614. The Morgan fingerprint density at radius 3 is 2.96 bits per heavy atom. The lowest BCUT2D eigenvalue weighted by atomic mass is 9.86. The van der Waals surface area contributed by atoms with Gasteiger partial charge in [-0.15, -0.1) is 0 Å². The van der Waals surface area contributed by atoms with Crippen molar-refractivity contribution in [2.75, 3.05) is 5.75 Å². The number of amides is 3. The number of nitrogens with one attached hydrogen (secondary N) is 2. The number of carbonyl (C=O) groups is 2. The summed E-state index contributed by atoms with van der Waals surface area (Å²) in [6, 6.07) is 4.93. The van der Waals surface area contributed by atoms with Gasteiger partial charge in [0.15, 0.2) is 0 Å². The van der Waals surface area contributed by atoms with Crippen LogP contribution in [0.3, 0.4) is 0 Å². The monoisotopic (exact) mass is 332 g/mol. The highest BCUT2D eigenvalue weighted by molar-refractivity contribution is 7.99. The Labute approximate surface area is 140 Å². The lowest BCUT2D eigenvalue weighted by Gasteiger charge is -2.29. The Morgan fingerprint density at radius 1 is 1.43 bits per heavy atom. The third kappa shape index (κ3) is 5.57. The van der Waals surface area contributed by atoms with E-state index in [1.165, 1.54) is 24.4 Å². The van der Waals surface area contributed by atoms with Gasteiger partial charge in [0, 0.05) is 12.2 Å². The number of nitriles is 1. The summed E-state index contributed by atoms with van der Waals surface area (Å²) in [7, 11) is 0. The zero-order chi connectivity index (χ0) is 16.7. The number of urea groups is 1. The molecule has 0 bridgehead atoms. The maximum Gasteiger partial charge on any atom is 0.321 e. The van der Waals surface area contributed by atoms with E-state index in [1.807, 2.05) is 6.07 Å². The smallest absolute Gasteiger partial charge is 0.321 e. The molecule has 0 radical (unpaired) electrons. The molecule has 23 heavy (non-hydrogen) atoms. The Morgan fingerprint density at radius 2 is 2.22 bits per heavy atom. The summed E-state index contributed by atoms with van der Waals surface area (Å²) in [5.41, 5.74) is 0.493. The molecule has 1 heterocycles.